The smallest absolute Gasteiger partial charge is 0.0564 e. The molecule has 0 fully saturated rings. The van der Waals surface area contributed by atoms with Crippen LogP contribution < -0.4 is 5.43 Å². The molecule has 0 saturated carbocycles. The van der Waals surface area contributed by atoms with Crippen molar-refractivity contribution in [2.24, 2.45) is 5.10 Å². The molecule has 0 bridgehead atoms. The number of benzene rings is 2. The lowest BCUT2D eigenvalue weighted by Crippen LogP contribution is -1.92. The summed E-state index contributed by atoms with van der Waals surface area (Å²) in [5, 5.41) is 4.29. The Balaban J connectivity index is 1.93. The first-order chi connectivity index (χ1) is 10.2. The average molecular weight is 298 g/mol. The van der Waals surface area contributed by atoms with Crippen LogP contribution in [0.4, 0.5) is 5.69 Å². The molecule has 0 radical (unpaired) electrons. The minimum Gasteiger partial charge on any atom is -0.278 e. The molecular weight excluding hydrogens is 276 g/mol. The van der Waals surface area contributed by atoms with Crippen LogP contribution in [0.15, 0.2) is 52.5 Å². The summed E-state index contributed by atoms with van der Waals surface area (Å²) in [4.78, 5) is 1.32. The van der Waals surface area contributed by atoms with Gasteiger partial charge in [0.15, 0.2) is 0 Å². The fourth-order valence-corrected chi connectivity index (χ4v) is 2.63. The Hall–Kier alpha value is -1.74. The summed E-state index contributed by atoms with van der Waals surface area (Å²) >= 11 is 1.89. The summed E-state index contributed by atoms with van der Waals surface area (Å²) in [5.74, 6) is 1.17. The summed E-state index contributed by atoms with van der Waals surface area (Å²) in [6, 6.07) is 14.8. The van der Waals surface area contributed by atoms with Crippen molar-refractivity contribution in [2.45, 2.75) is 32.1 Å². The third-order valence-electron chi connectivity index (χ3n) is 3.27. The van der Waals surface area contributed by atoms with Crippen LogP contribution in [0.5, 0.6) is 0 Å². The summed E-state index contributed by atoms with van der Waals surface area (Å²) in [7, 11) is 0. The zero-order valence-corrected chi connectivity index (χ0v) is 13.7. The highest BCUT2D eigenvalue weighted by atomic mass is 32.2. The van der Waals surface area contributed by atoms with Crippen LogP contribution in [0.2, 0.25) is 0 Å². The van der Waals surface area contributed by atoms with Crippen molar-refractivity contribution in [3.8, 4) is 0 Å². The third kappa shape index (κ3) is 4.94. The molecular formula is C18H22N2S. The highest BCUT2D eigenvalue weighted by molar-refractivity contribution is 7.99. The summed E-state index contributed by atoms with van der Waals surface area (Å²) in [6.07, 6.45) is 3.05. The van der Waals surface area contributed by atoms with Crippen molar-refractivity contribution in [1.29, 1.82) is 0 Å². The Morgan fingerprint density at radius 3 is 2.48 bits per heavy atom. The second kappa shape index (κ2) is 7.89. The maximum atomic E-state index is 4.29. The number of hydrogen-bond donors (Lipinski definition) is 1. The van der Waals surface area contributed by atoms with Gasteiger partial charge in [-0.3, -0.25) is 5.43 Å². The molecule has 0 atom stereocenters. The van der Waals surface area contributed by atoms with Crippen LogP contribution in [0, 0.1) is 13.8 Å². The van der Waals surface area contributed by atoms with E-state index in [1.165, 1.54) is 28.2 Å². The van der Waals surface area contributed by atoms with Gasteiger partial charge < -0.3 is 0 Å². The number of aryl methyl sites for hydroxylation is 2. The summed E-state index contributed by atoms with van der Waals surface area (Å²) in [6.45, 7) is 6.42. The molecule has 110 valence electrons. The minimum atomic E-state index is 1.02. The van der Waals surface area contributed by atoms with Crippen molar-refractivity contribution < 1.29 is 0 Å². The predicted molar refractivity (Wildman–Crippen MR) is 94.6 cm³/mol. The topological polar surface area (TPSA) is 24.4 Å². The molecule has 0 saturated heterocycles. The van der Waals surface area contributed by atoms with Crippen LogP contribution >= 0.6 is 11.8 Å². The number of nitrogens with zero attached hydrogens (tertiary/aromatic N) is 1. The van der Waals surface area contributed by atoms with Gasteiger partial charge in [0.2, 0.25) is 0 Å². The van der Waals surface area contributed by atoms with Crippen LogP contribution in [0.1, 0.15) is 30.0 Å². The molecule has 0 aliphatic rings. The molecule has 0 heterocycles. The quantitative estimate of drug-likeness (QED) is 0.447. The normalized spacial score (nSPS) is 11.0. The molecule has 1 N–H and O–H groups in total. The number of anilines is 1. The average Bonchev–Trinajstić information content (AvgIpc) is 2.50. The molecule has 0 amide bonds. The molecule has 2 rings (SSSR count). The van der Waals surface area contributed by atoms with Crippen molar-refractivity contribution in [3.05, 3.63) is 59.2 Å². The Morgan fingerprint density at radius 1 is 1.05 bits per heavy atom. The molecule has 0 aromatic heterocycles. The van der Waals surface area contributed by atoms with E-state index in [2.05, 4.69) is 67.7 Å². The van der Waals surface area contributed by atoms with E-state index in [1.807, 2.05) is 24.0 Å². The van der Waals surface area contributed by atoms with E-state index >= 15 is 0 Å². The third-order valence-corrected chi connectivity index (χ3v) is 4.49. The van der Waals surface area contributed by atoms with E-state index < -0.39 is 0 Å². The maximum absolute atomic E-state index is 4.29. The molecule has 2 aromatic carbocycles. The van der Waals surface area contributed by atoms with Crippen LogP contribution in [0.3, 0.4) is 0 Å². The van der Waals surface area contributed by atoms with Crippen molar-refractivity contribution in [3.63, 3.8) is 0 Å². The summed E-state index contributed by atoms with van der Waals surface area (Å²) in [5.41, 5.74) is 7.76. The van der Waals surface area contributed by atoms with Crippen molar-refractivity contribution in [2.75, 3.05) is 11.2 Å². The second-order valence-electron chi connectivity index (χ2n) is 5.09. The second-order valence-corrected chi connectivity index (χ2v) is 6.25. The first-order valence-corrected chi connectivity index (χ1v) is 8.27. The molecule has 0 aliphatic heterocycles. The van der Waals surface area contributed by atoms with Gasteiger partial charge in [0.25, 0.3) is 0 Å². The Bertz CT molecular complexity index is 603. The standard InChI is InChI=1S/C18H22N2S/c1-4-11-21-18-9-6-16(7-10-18)13-19-20-17-8-5-14(2)15(3)12-17/h5-10,12-13,20H,4,11H2,1-3H3. The van der Waals surface area contributed by atoms with Gasteiger partial charge >= 0.3 is 0 Å². The first-order valence-electron chi connectivity index (χ1n) is 7.28. The van der Waals surface area contributed by atoms with Gasteiger partial charge in [0, 0.05) is 4.90 Å². The predicted octanol–water partition coefficient (Wildman–Crippen LogP) is 5.25. The van der Waals surface area contributed by atoms with E-state index in [1.54, 1.807) is 0 Å². The zero-order chi connectivity index (χ0) is 15.1. The van der Waals surface area contributed by atoms with Gasteiger partial charge in [0.05, 0.1) is 11.9 Å². The van der Waals surface area contributed by atoms with E-state index in [4.69, 9.17) is 0 Å². The number of hydrazone groups is 1. The highest BCUT2D eigenvalue weighted by Crippen LogP contribution is 2.18. The van der Waals surface area contributed by atoms with Crippen molar-refractivity contribution >= 4 is 23.7 Å². The van der Waals surface area contributed by atoms with Crippen LogP contribution in [-0.2, 0) is 0 Å². The van der Waals surface area contributed by atoms with Crippen LogP contribution in [-0.4, -0.2) is 12.0 Å². The fourth-order valence-electron chi connectivity index (χ4n) is 1.86. The van der Waals surface area contributed by atoms with E-state index in [0.29, 0.717) is 0 Å². The monoisotopic (exact) mass is 298 g/mol. The molecule has 0 spiro atoms. The number of nitrogens with one attached hydrogen (secondary N) is 1. The molecule has 2 aromatic rings. The van der Waals surface area contributed by atoms with E-state index in [0.717, 1.165) is 11.3 Å². The molecule has 3 heteroatoms. The molecule has 2 nitrogen and oxygen atoms in total. The van der Waals surface area contributed by atoms with E-state index in [-0.39, 0.29) is 0 Å². The Kier molecular flexibility index (Phi) is 5.88. The lowest BCUT2D eigenvalue weighted by molar-refractivity contribution is 1.10. The van der Waals surface area contributed by atoms with Gasteiger partial charge in [-0.05, 0) is 67.0 Å². The Labute approximate surface area is 131 Å². The maximum Gasteiger partial charge on any atom is 0.0564 e. The largest absolute Gasteiger partial charge is 0.278 e. The summed E-state index contributed by atoms with van der Waals surface area (Å²) < 4.78 is 0. The van der Waals surface area contributed by atoms with E-state index in [9.17, 15) is 0 Å². The highest BCUT2D eigenvalue weighted by Gasteiger charge is 1.95. The minimum absolute atomic E-state index is 1.02. The number of hydrogen-bond acceptors (Lipinski definition) is 3. The van der Waals surface area contributed by atoms with Gasteiger partial charge in [-0.25, -0.2) is 0 Å². The lowest BCUT2D eigenvalue weighted by Gasteiger charge is -2.04. The van der Waals surface area contributed by atoms with Gasteiger partial charge in [-0.2, -0.15) is 5.10 Å². The molecule has 21 heavy (non-hydrogen) atoms. The van der Waals surface area contributed by atoms with Gasteiger partial charge in [-0.15, -0.1) is 11.8 Å². The molecule has 0 aliphatic carbocycles. The Morgan fingerprint density at radius 2 is 1.81 bits per heavy atom. The number of rotatable bonds is 6. The molecule has 0 unspecified atom stereocenters. The van der Waals surface area contributed by atoms with Crippen LogP contribution in [0.25, 0.3) is 0 Å². The first kappa shape index (κ1) is 15.6. The lowest BCUT2D eigenvalue weighted by atomic mass is 10.1. The van der Waals surface area contributed by atoms with Crippen molar-refractivity contribution in [1.82, 2.24) is 0 Å². The SMILES string of the molecule is CCCSc1ccc(C=NNc2ccc(C)c(C)c2)cc1. The zero-order valence-electron chi connectivity index (χ0n) is 12.9. The number of thioether (sulfide) groups is 1. The van der Waals surface area contributed by atoms with Gasteiger partial charge in [-0.1, -0.05) is 25.1 Å². The fraction of sp³-hybridized carbons (Fsp3) is 0.278. The van der Waals surface area contributed by atoms with Gasteiger partial charge in [0.1, 0.15) is 0 Å².